The van der Waals surface area contributed by atoms with Crippen molar-refractivity contribution in [2.24, 2.45) is 0 Å². The third kappa shape index (κ3) is 6.47. The first kappa shape index (κ1) is 24.2. The summed E-state index contributed by atoms with van der Waals surface area (Å²) in [5, 5.41) is 3.41. The Hall–Kier alpha value is -2.05. The monoisotopic (exact) mass is 494 g/mol. The molecule has 30 heavy (non-hydrogen) atoms. The molecule has 162 valence electrons. The fourth-order valence-electron chi connectivity index (χ4n) is 3.02. The van der Waals surface area contributed by atoms with Gasteiger partial charge in [0.2, 0.25) is 5.91 Å². The van der Waals surface area contributed by atoms with Gasteiger partial charge in [-0.1, -0.05) is 45.7 Å². The highest BCUT2D eigenvalue weighted by molar-refractivity contribution is 9.10. The maximum absolute atomic E-state index is 13.1. The maximum atomic E-state index is 13.1. The largest absolute Gasteiger partial charge is 0.484 e. The van der Waals surface area contributed by atoms with Crippen LogP contribution in [0.4, 0.5) is 0 Å². The summed E-state index contributed by atoms with van der Waals surface area (Å²) in [6.45, 7) is 9.44. The molecule has 1 N–H and O–H groups in total. The number of halogens is 2. The van der Waals surface area contributed by atoms with E-state index >= 15 is 0 Å². The van der Waals surface area contributed by atoms with Crippen molar-refractivity contribution in [1.82, 2.24) is 10.2 Å². The van der Waals surface area contributed by atoms with Gasteiger partial charge >= 0.3 is 0 Å². The van der Waals surface area contributed by atoms with Gasteiger partial charge < -0.3 is 15.0 Å². The number of hydrogen-bond acceptors (Lipinski definition) is 3. The van der Waals surface area contributed by atoms with Crippen LogP contribution in [0.1, 0.15) is 37.5 Å². The van der Waals surface area contributed by atoms with Crippen LogP contribution in [0.5, 0.6) is 5.75 Å². The van der Waals surface area contributed by atoms with Gasteiger partial charge in [0.1, 0.15) is 11.8 Å². The van der Waals surface area contributed by atoms with Gasteiger partial charge in [0.05, 0.1) is 0 Å². The predicted octanol–water partition coefficient (Wildman–Crippen LogP) is 5.04. The number of nitrogens with zero attached hydrogens (tertiary/aromatic N) is 1. The van der Waals surface area contributed by atoms with E-state index in [1.54, 1.807) is 13.0 Å². The molecule has 0 aliphatic rings. The lowest BCUT2D eigenvalue weighted by atomic mass is 10.1. The van der Waals surface area contributed by atoms with Crippen molar-refractivity contribution < 1.29 is 14.3 Å². The topological polar surface area (TPSA) is 58.6 Å². The number of aryl methyl sites for hydroxylation is 2. The van der Waals surface area contributed by atoms with E-state index in [2.05, 4.69) is 21.2 Å². The molecule has 2 aromatic rings. The Morgan fingerprint density at radius 2 is 1.73 bits per heavy atom. The molecule has 0 radical (unpaired) electrons. The summed E-state index contributed by atoms with van der Waals surface area (Å²) in [4.78, 5) is 27.2. The SMILES string of the molecule is Cc1cc(OCC(=O)N(Cc2ccccc2Cl)C(C)C(=O)NC(C)C)cc(C)c1Br. The lowest BCUT2D eigenvalue weighted by molar-refractivity contribution is -0.142. The molecule has 5 nitrogen and oxygen atoms in total. The highest BCUT2D eigenvalue weighted by Gasteiger charge is 2.27. The highest BCUT2D eigenvalue weighted by Crippen LogP contribution is 2.26. The van der Waals surface area contributed by atoms with E-state index < -0.39 is 6.04 Å². The van der Waals surface area contributed by atoms with Crippen LogP contribution in [-0.4, -0.2) is 35.4 Å². The first-order valence-corrected chi connectivity index (χ1v) is 11.0. The Labute approximate surface area is 191 Å². The van der Waals surface area contributed by atoms with Crippen LogP contribution in [0, 0.1) is 13.8 Å². The van der Waals surface area contributed by atoms with E-state index in [4.69, 9.17) is 16.3 Å². The first-order valence-electron chi connectivity index (χ1n) is 9.83. The molecule has 0 spiro atoms. The molecule has 2 rings (SSSR count). The number of hydrogen-bond donors (Lipinski definition) is 1. The fraction of sp³-hybridized carbons (Fsp3) is 0.391. The second-order valence-corrected chi connectivity index (χ2v) is 8.81. The summed E-state index contributed by atoms with van der Waals surface area (Å²) in [5.74, 6) is 0.0961. The summed E-state index contributed by atoms with van der Waals surface area (Å²) in [6.07, 6.45) is 0. The second kappa shape index (κ2) is 10.8. The number of ether oxygens (including phenoxy) is 1. The molecule has 0 saturated heterocycles. The van der Waals surface area contributed by atoms with Gasteiger partial charge in [-0.2, -0.15) is 0 Å². The van der Waals surface area contributed by atoms with Crippen molar-refractivity contribution in [3.05, 3.63) is 62.6 Å². The minimum Gasteiger partial charge on any atom is -0.484 e. The zero-order valence-corrected chi connectivity index (χ0v) is 20.3. The number of rotatable bonds is 8. The van der Waals surface area contributed by atoms with Crippen LogP contribution < -0.4 is 10.1 Å². The van der Waals surface area contributed by atoms with Crippen molar-refractivity contribution in [2.45, 2.75) is 53.2 Å². The Morgan fingerprint density at radius 1 is 1.13 bits per heavy atom. The molecule has 0 aromatic heterocycles. The lowest BCUT2D eigenvalue weighted by Crippen LogP contribution is -2.50. The molecular formula is C23H28BrClN2O3. The molecule has 0 fully saturated rings. The average molecular weight is 496 g/mol. The quantitative estimate of drug-likeness (QED) is 0.558. The standard InChI is InChI=1S/C23H28BrClN2O3/c1-14(2)26-23(29)17(5)27(12-18-8-6-7-9-20(18)25)21(28)13-30-19-10-15(3)22(24)16(4)11-19/h6-11,14,17H,12-13H2,1-5H3,(H,26,29). The van der Waals surface area contributed by atoms with Gasteiger partial charge in [-0.05, 0) is 69.5 Å². The van der Waals surface area contributed by atoms with Crippen LogP contribution in [-0.2, 0) is 16.1 Å². The molecule has 0 bridgehead atoms. The van der Waals surface area contributed by atoms with E-state index in [0.717, 1.165) is 21.2 Å². The molecule has 7 heteroatoms. The van der Waals surface area contributed by atoms with Gasteiger partial charge in [0.25, 0.3) is 5.91 Å². The second-order valence-electron chi connectivity index (χ2n) is 7.61. The molecule has 2 amide bonds. The predicted molar refractivity (Wildman–Crippen MR) is 124 cm³/mol. The van der Waals surface area contributed by atoms with E-state index in [1.807, 2.05) is 58.0 Å². The Bertz CT molecular complexity index is 894. The Morgan fingerprint density at radius 3 is 2.30 bits per heavy atom. The van der Waals surface area contributed by atoms with Crippen molar-refractivity contribution in [3.8, 4) is 5.75 Å². The van der Waals surface area contributed by atoms with Gasteiger partial charge in [-0.15, -0.1) is 0 Å². The summed E-state index contributed by atoms with van der Waals surface area (Å²) < 4.78 is 6.78. The third-order valence-electron chi connectivity index (χ3n) is 4.67. The summed E-state index contributed by atoms with van der Waals surface area (Å²) in [7, 11) is 0. The molecule has 0 heterocycles. The molecule has 1 unspecified atom stereocenters. The number of amides is 2. The van der Waals surface area contributed by atoms with Crippen molar-refractivity contribution in [1.29, 1.82) is 0 Å². The number of carbonyl (C=O) groups is 2. The minimum atomic E-state index is -0.673. The van der Waals surface area contributed by atoms with Gasteiger partial charge in [-0.25, -0.2) is 0 Å². The maximum Gasteiger partial charge on any atom is 0.261 e. The van der Waals surface area contributed by atoms with Crippen molar-refractivity contribution >= 4 is 39.3 Å². The van der Waals surface area contributed by atoms with E-state index in [-0.39, 0.29) is 31.0 Å². The Kier molecular flexibility index (Phi) is 8.74. The molecule has 0 aliphatic heterocycles. The van der Waals surface area contributed by atoms with Crippen molar-refractivity contribution in [2.75, 3.05) is 6.61 Å². The van der Waals surface area contributed by atoms with Gasteiger partial charge in [-0.3, -0.25) is 9.59 Å². The number of carbonyl (C=O) groups excluding carboxylic acids is 2. The van der Waals surface area contributed by atoms with Crippen molar-refractivity contribution in [3.63, 3.8) is 0 Å². The molecule has 1 atom stereocenters. The first-order chi connectivity index (χ1) is 14.1. The van der Waals surface area contributed by atoms with Crippen LogP contribution in [0.25, 0.3) is 0 Å². The van der Waals surface area contributed by atoms with Gasteiger partial charge in [0, 0.05) is 22.1 Å². The smallest absolute Gasteiger partial charge is 0.261 e. The van der Waals surface area contributed by atoms with E-state index in [9.17, 15) is 9.59 Å². The molecule has 0 saturated carbocycles. The Balaban J connectivity index is 2.21. The molecule has 0 aliphatic carbocycles. The third-order valence-corrected chi connectivity index (χ3v) is 6.29. The summed E-state index contributed by atoms with van der Waals surface area (Å²) in [5.41, 5.74) is 2.82. The highest BCUT2D eigenvalue weighted by atomic mass is 79.9. The zero-order chi connectivity index (χ0) is 22.4. The van der Waals surface area contributed by atoms with Gasteiger partial charge in [0.15, 0.2) is 6.61 Å². The van der Waals surface area contributed by atoms with Crippen LogP contribution in [0.3, 0.4) is 0 Å². The van der Waals surface area contributed by atoms with Crippen LogP contribution in [0.15, 0.2) is 40.9 Å². The lowest BCUT2D eigenvalue weighted by Gasteiger charge is -2.29. The number of benzene rings is 2. The minimum absolute atomic E-state index is 0.0258. The normalized spacial score (nSPS) is 11.9. The average Bonchev–Trinajstić information content (AvgIpc) is 2.68. The van der Waals surface area contributed by atoms with E-state index in [0.29, 0.717) is 10.8 Å². The van der Waals surface area contributed by atoms with E-state index in [1.165, 1.54) is 4.90 Å². The fourth-order valence-corrected chi connectivity index (χ4v) is 3.44. The van der Waals surface area contributed by atoms with Crippen LogP contribution >= 0.6 is 27.5 Å². The van der Waals surface area contributed by atoms with Crippen LogP contribution in [0.2, 0.25) is 5.02 Å². The number of nitrogens with one attached hydrogen (secondary N) is 1. The summed E-state index contributed by atoms with van der Waals surface area (Å²) in [6, 6.07) is 10.3. The molecular weight excluding hydrogens is 468 g/mol. The molecule has 2 aromatic carbocycles. The summed E-state index contributed by atoms with van der Waals surface area (Å²) >= 11 is 9.82. The zero-order valence-electron chi connectivity index (χ0n) is 18.0.